The van der Waals surface area contributed by atoms with E-state index in [9.17, 15) is 0 Å². The number of benzene rings is 3. The van der Waals surface area contributed by atoms with Crippen LogP contribution < -0.4 is 0 Å². The average molecular weight is 308 g/mol. The van der Waals surface area contributed by atoms with Gasteiger partial charge in [0.25, 0.3) is 0 Å². The van der Waals surface area contributed by atoms with E-state index in [4.69, 9.17) is 4.74 Å². The predicted molar refractivity (Wildman–Crippen MR) is 97.9 cm³/mol. The fourth-order valence-electron chi connectivity index (χ4n) is 2.78. The molecule has 0 amide bonds. The number of hydrogen-bond acceptors (Lipinski definition) is 1. The minimum Gasteiger partial charge on any atom is -0.472 e. The molecule has 1 heteroatoms. The Morgan fingerprint density at radius 3 is 2.17 bits per heavy atom. The van der Waals surface area contributed by atoms with E-state index >= 15 is 0 Å². The van der Waals surface area contributed by atoms with E-state index in [0.29, 0.717) is 0 Å². The highest BCUT2D eigenvalue weighted by Crippen LogP contribution is 2.35. The summed E-state index contributed by atoms with van der Waals surface area (Å²) in [6.45, 7) is 0. The van der Waals surface area contributed by atoms with Gasteiger partial charge in [-0.05, 0) is 29.7 Å². The van der Waals surface area contributed by atoms with E-state index in [2.05, 4.69) is 42.2 Å². The first-order chi connectivity index (χ1) is 11.9. The quantitative estimate of drug-likeness (QED) is 0.554. The van der Waals surface area contributed by atoms with E-state index in [-0.39, 0.29) is 6.10 Å². The van der Waals surface area contributed by atoms with Crippen LogP contribution in [0.15, 0.2) is 84.9 Å². The molecule has 1 nitrogen and oxygen atoms in total. The topological polar surface area (TPSA) is 9.23 Å². The van der Waals surface area contributed by atoms with E-state index in [1.54, 1.807) is 0 Å². The van der Waals surface area contributed by atoms with Crippen molar-refractivity contribution in [3.05, 3.63) is 107 Å². The lowest BCUT2D eigenvalue weighted by Gasteiger charge is -2.23. The van der Waals surface area contributed by atoms with Gasteiger partial charge >= 0.3 is 0 Å². The van der Waals surface area contributed by atoms with Crippen molar-refractivity contribution < 1.29 is 4.74 Å². The molecule has 0 radical (unpaired) electrons. The molecule has 0 aromatic heterocycles. The van der Waals surface area contributed by atoms with E-state index in [1.165, 1.54) is 0 Å². The van der Waals surface area contributed by atoms with E-state index < -0.39 is 0 Å². The van der Waals surface area contributed by atoms with Crippen molar-refractivity contribution in [3.8, 4) is 11.8 Å². The summed E-state index contributed by atoms with van der Waals surface area (Å²) in [5.41, 5.74) is 4.34. The standard InChI is InChI=1S/C23H16O/c1-3-9-18(10-4-1)15-16-22-21-14-8-7-13-20(21)17-23(24-22)19-11-5-2-6-12-19/h1-14,17,22H. The Morgan fingerprint density at radius 1 is 0.708 bits per heavy atom. The van der Waals surface area contributed by atoms with Crippen LogP contribution in [0, 0.1) is 11.8 Å². The predicted octanol–water partition coefficient (Wildman–Crippen LogP) is 5.31. The molecule has 3 aromatic carbocycles. The third-order valence-corrected chi connectivity index (χ3v) is 3.99. The minimum atomic E-state index is -0.262. The Balaban J connectivity index is 1.73. The number of rotatable bonds is 1. The van der Waals surface area contributed by atoms with Gasteiger partial charge in [-0.15, -0.1) is 0 Å². The summed E-state index contributed by atoms with van der Waals surface area (Å²) >= 11 is 0. The second kappa shape index (κ2) is 6.48. The number of ether oxygens (including phenoxy) is 1. The lowest BCUT2D eigenvalue weighted by Crippen LogP contribution is -2.08. The smallest absolute Gasteiger partial charge is 0.185 e. The van der Waals surface area contributed by atoms with Gasteiger partial charge in [0.15, 0.2) is 6.10 Å². The Labute approximate surface area is 142 Å². The van der Waals surface area contributed by atoms with Gasteiger partial charge in [0.1, 0.15) is 5.76 Å². The highest BCUT2D eigenvalue weighted by Gasteiger charge is 2.21. The molecule has 1 unspecified atom stereocenters. The summed E-state index contributed by atoms with van der Waals surface area (Å²) in [4.78, 5) is 0. The zero-order valence-corrected chi connectivity index (χ0v) is 13.1. The van der Waals surface area contributed by atoms with Crippen LogP contribution in [-0.4, -0.2) is 0 Å². The second-order valence-electron chi connectivity index (χ2n) is 5.64. The molecule has 24 heavy (non-hydrogen) atoms. The van der Waals surface area contributed by atoms with Crippen LogP contribution in [0.25, 0.3) is 11.8 Å². The number of hydrogen-bond donors (Lipinski definition) is 0. The Hall–Kier alpha value is -3.24. The van der Waals surface area contributed by atoms with Crippen molar-refractivity contribution in [2.24, 2.45) is 0 Å². The lowest BCUT2D eigenvalue weighted by atomic mass is 9.97. The van der Waals surface area contributed by atoms with Gasteiger partial charge in [0, 0.05) is 16.7 Å². The first kappa shape index (κ1) is 14.4. The summed E-state index contributed by atoms with van der Waals surface area (Å²) in [7, 11) is 0. The molecule has 4 rings (SSSR count). The normalized spacial score (nSPS) is 15.3. The van der Waals surface area contributed by atoms with Crippen LogP contribution in [0.2, 0.25) is 0 Å². The largest absolute Gasteiger partial charge is 0.472 e. The minimum absolute atomic E-state index is 0.262. The van der Waals surface area contributed by atoms with Crippen LogP contribution in [0.1, 0.15) is 28.4 Å². The molecule has 0 N–H and O–H groups in total. The molecule has 1 aliphatic heterocycles. The van der Waals surface area contributed by atoms with Crippen molar-refractivity contribution in [3.63, 3.8) is 0 Å². The van der Waals surface area contributed by atoms with Gasteiger partial charge < -0.3 is 4.74 Å². The van der Waals surface area contributed by atoms with E-state index in [0.717, 1.165) is 28.0 Å². The third-order valence-electron chi connectivity index (χ3n) is 3.99. The van der Waals surface area contributed by atoms with Crippen LogP contribution in [-0.2, 0) is 4.74 Å². The first-order valence-corrected chi connectivity index (χ1v) is 7.99. The maximum Gasteiger partial charge on any atom is 0.185 e. The fourth-order valence-corrected chi connectivity index (χ4v) is 2.78. The van der Waals surface area contributed by atoms with Crippen molar-refractivity contribution in [1.82, 2.24) is 0 Å². The molecular formula is C23H16O. The average Bonchev–Trinajstić information content (AvgIpc) is 2.67. The molecule has 0 spiro atoms. The maximum absolute atomic E-state index is 6.21. The molecule has 0 saturated heterocycles. The van der Waals surface area contributed by atoms with Crippen molar-refractivity contribution in [1.29, 1.82) is 0 Å². The molecule has 0 fully saturated rings. The van der Waals surface area contributed by atoms with Gasteiger partial charge in [-0.3, -0.25) is 0 Å². The molecule has 0 bridgehead atoms. The van der Waals surface area contributed by atoms with Crippen molar-refractivity contribution in [2.75, 3.05) is 0 Å². The van der Waals surface area contributed by atoms with Crippen molar-refractivity contribution in [2.45, 2.75) is 6.10 Å². The maximum atomic E-state index is 6.21. The molecule has 0 saturated carbocycles. The molecule has 1 atom stereocenters. The Morgan fingerprint density at radius 2 is 1.38 bits per heavy atom. The zero-order chi connectivity index (χ0) is 16.2. The molecule has 1 heterocycles. The van der Waals surface area contributed by atoms with Gasteiger partial charge in [-0.1, -0.05) is 78.7 Å². The zero-order valence-electron chi connectivity index (χ0n) is 13.1. The molecule has 3 aromatic rings. The van der Waals surface area contributed by atoms with Gasteiger partial charge in [0.2, 0.25) is 0 Å². The van der Waals surface area contributed by atoms with Crippen LogP contribution in [0.3, 0.4) is 0 Å². The Kier molecular flexibility index (Phi) is 3.88. The van der Waals surface area contributed by atoms with Crippen LogP contribution in [0.5, 0.6) is 0 Å². The summed E-state index contributed by atoms with van der Waals surface area (Å²) in [5.74, 6) is 7.37. The molecule has 114 valence electrons. The monoisotopic (exact) mass is 308 g/mol. The summed E-state index contributed by atoms with van der Waals surface area (Å²) in [6, 6.07) is 28.4. The lowest BCUT2D eigenvalue weighted by molar-refractivity contribution is 0.222. The fraction of sp³-hybridized carbons (Fsp3) is 0.0435. The Bertz CT molecular complexity index is 928. The van der Waals surface area contributed by atoms with Crippen LogP contribution in [0.4, 0.5) is 0 Å². The third kappa shape index (κ3) is 2.95. The van der Waals surface area contributed by atoms with Gasteiger partial charge in [-0.25, -0.2) is 0 Å². The van der Waals surface area contributed by atoms with Crippen molar-refractivity contribution >= 4 is 11.8 Å². The van der Waals surface area contributed by atoms with Gasteiger partial charge in [0.05, 0.1) is 0 Å². The summed E-state index contributed by atoms with van der Waals surface area (Å²) in [5, 5.41) is 0. The first-order valence-electron chi connectivity index (χ1n) is 7.99. The molecule has 0 aliphatic carbocycles. The van der Waals surface area contributed by atoms with Gasteiger partial charge in [-0.2, -0.15) is 0 Å². The number of fused-ring (bicyclic) bond motifs is 1. The SMILES string of the molecule is C(#CC1OC(c2ccccc2)=Cc2ccccc21)c1ccccc1. The highest BCUT2D eigenvalue weighted by molar-refractivity contribution is 5.80. The molecular weight excluding hydrogens is 292 g/mol. The van der Waals surface area contributed by atoms with Crippen LogP contribution >= 0.6 is 0 Å². The molecule has 1 aliphatic rings. The summed E-state index contributed by atoms with van der Waals surface area (Å²) < 4.78 is 6.21. The second-order valence-corrected chi connectivity index (χ2v) is 5.64. The van der Waals surface area contributed by atoms with E-state index in [1.807, 2.05) is 60.7 Å². The highest BCUT2D eigenvalue weighted by atomic mass is 16.5. The summed E-state index contributed by atoms with van der Waals surface area (Å²) in [6.07, 6.45) is 1.83.